The molecule has 2 aromatic carbocycles. The summed E-state index contributed by atoms with van der Waals surface area (Å²) in [5.41, 5.74) is 1.30. The predicted octanol–water partition coefficient (Wildman–Crippen LogP) is 3.53. The highest BCUT2D eigenvalue weighted by atomic mass is 35.5. The van der Waals surface area contributed by atoms with Crippen molar-refractivity contribution in [2.24, 2.45) is 0 Å². The van der Waals surface area contributed by atoms with Gasteiger partial charge in [0.05, 0.1) is 6.42 Å². The number of thiocarbonyl (C=S) groups is 1. The number of nitrogens with one attached hydrogen (secondary N) is 2. The maximum atomic E-state index is 13.0. The summed E-state index contributed by atoms with van der Waals surface area (Å²) < 4.78 is 13.0. The topological polar surface area (TPSA) is 41.1 Å². The lowest BCUT2D eigenvalue weighted by Crippen LogP contribution is -2.35. The third-order valence-electron chi connectivity index (χ3n) is 2.61. The molecule has 0 aliphatic rings. The lowest BCUT2D eigenvalue weighted by molar-refractivity contribution is -0.119. The number of halogens is 2. The van der Waals surface area contributed by atoms with Crippen LogP contribution in [0.15, 0.2) is 48.5 Å². The highest BCUT2D eigenvalue weighted by molar-refractivity contribution is 7.80. The second-order valence-electron chi connectivity index (χ2n) is 4.32. The summed E-state index contributed by atoms with van der Waals surface area (Å²) in [5, 5.41) is 6.02. The van der Waals surface area contributed by atoms with Crippen molar-refractivity contribution in [1.82, 2.24) is 5.32 Å². The van der Waals surface area contributed by atoms with Crippen molar-refractivity contribution in [2.45, 2.75) is 6.42 Å². The predicted molar refractivity (Wildman–Crippen MR) is 85.9 cm³/mol. The molecule has 0 aliphatic heterocycles. The highest BCUT2D eigenvalue weighted by Crippen LogP contribution is 2.10. The molecule has 0 aromatic heterocycles. The fourth-order valence-electron chi connectivity index (χ4n) is 1.69. The van der Waals surface area contributed by atoms with Crippen LogP contribution in [-0.2, 0) is 11.2 Å². The minimum Gasteiger partial charge on any atom is -0.332 e. The first-order valence-corrected chi connectivity index (χ1v) is 6.92. The van der Waals surface area contributed by atoms with Crippen molar-refractivity contribution in [3.05, 3.63) is 64.9 Å². The van der Waals surface area contributed by atoms with Crippen LogP contribution in [0.4, 0.5) is 10.1 Å². The van der Waals surface area contributed by atoms with Crippen molar-refractivity contribution >= 4 is 40.5 Å². The van der Waals surface area contributed by atoms with Crippen LogP contribution in [0.3, 0.4) is 0 Å². The fraction of sp³-hybridized carbons (Fsp3) is 0.0667. The van der Waals surface area contributed by atoms with Gasteiger partial charge in [-0.15, -0.1) is 0 Å². The Balaban J connectivity index is 1.87. The highest BCUT2D eigenvalue weighted by Gasteiger charge is 2.06. The zero-order chi connectivity index (χ0) is 15.2. The van der Waals surface area contributed by atoms with Crippen LogP contribution >= 0.6 is 23.8 Å². The van der Waals surface area contributed by atoms with E-state index in [1.54, 1.807) is 36.4 Å². The molecule has 0 atom stereocenters. The smallest absolute Gasteiger partial charge is 0.230 e. The summed E-state index contributed by atoms with van der Waals surface area (Å²) in [7, 11) is 0. The van der Waals surface area contributed by atoms with Gasteiger partial charge < -0.3 is 10.6 Å². The van der Waals surface area contributed by atoms with Crippen molar-refractivity contribution in [2.75, 3.05) is 5.32 Å². The standard InChI is InChI=1S/C15H12ClFN2OS/c16-11-6-4-10(5-7-11)8-14(20)19-15(21)18-13-3-1-2-12(17)9-13/h1-7,9H,8H2,(H2,18,19,20,21). The number of hydrogen-bond donors (Lipinski definition) is 2. The Hall–Kier alpha value is -1.98. The average molecular weight is 323 g/mol. The van der Waals surface area contributed by atoms with Gasteiger partial charge in [0.15, 0.2) is 5.11 Å². The van der Waals surface area contributed by atoms with Crippen molar-refractivity contribution in [1.29, 1.82) is 0 Å². The molecule has 0 saturated heterocycles. The van der Waals surface area contributed by atoms with E-state index in [1.807, 2.05) is 0 Å². The molecule has 108 valence electrons. The maximum absolute atomic E-state index is 13.0. The molecule has 2 rings (SSSR count). The molecular formula is C15H12ClFN2OS. The molecule has 21 heavy (non-hydrogen) atoms. The SMILES string of the molecule is O=C(Cc1ccc(Cl)cc1)NC(=S)Nc1cccc(F)c1. The third-order valence-corrected chi connectivity index (χ3v) is 3.07. The van der Waals surface area contributed by atoms with Gasteiger partial charge in [-0.25, -0.2) is 4.39 Å². The molecule has 1 amide bonds. The van der Waals surface area contributed by atoms with Crippen molar-refractivity contribution in [3.63, 3.8) is 0 Å². The number of carbonyl (C=O) groups excluding carboxylic acids is 1. The van der Waals surface area contributed by atoms with E-state index < -0.39 is 0 Å². The van der Waals surface area contributed by atoms with E-state index in [0.29, 0.717) is 10.7 Å². The third kappa shape index (κ3) is 5.13. The number of rotatable bonds is 3. The Morgan fingerprint density at radius 2 is 1.90 bits per heavy atom. The van der Waals surface area contributed by atoms with Crippen molar-refractivity contribution < 1.29 is 9.18 Å². The Bertz CT molecular complexity index is 661. The van der Waals surface area contributed by atoms with E-state index in [0.717, 1.165) is 5.56 Å². The Morgan fingerprint density at radius 1 is 1.19 bits per heavy atom. The summed E-state index contributed by atoms with van der Waals surface area (Å²) in [4.78, 5) is 11.8. The zero-order valence-electron chi connectivity index (χ0n) is 10.9. The normalized spacial score (nSPS) is 10.0. The first-order valence-electron chi connectivity index (χ1n) is 6.14. The number of carbonyl (C=O) groups is 1. The molecule has 2 N–H and O–H groups in total. The molecule has 0 aliphatic carbocycles. The fourth-order valence-corrected chi connectivity index (χ4v) is 2.04. The second kappa shape index (κ2) is 7.15. The Morgan fingerprint density at radius 3 is 2.57 bits per heavy atom. The maximum Gasteiger partial charge on any atom is 0.230 e. The van der Waals surface area contributed by atoms with Gasteiger partial charge >= 0.3 is 0 Å². The van der Waals surface area contributed by atoms with Crippen LogP contribution in [0, 0.1) is 5.82 Å². The molecule has 0 saturated carbocycles. The minimum absolute atomic E-state index is 0.125. The zero-order valence-corrected chi connectivity index (χ0v) is 12.5. The van der Waals surface area contributed by atoms with Gasteiger partial charge in [0.2, 0.25) is 5.91 Å². The van der Waals surface area contributed by atoms with E-state index in [2.05, 4.69) is 10.6 Å². The molecular weight excluding hydrogens is 311 g/mol. The first-order chi connectivity index (χ1) is 10.0. The molecule has 0 bridgehead atoms. The number of anilines is 1. The van der Waals surface area contributed by atoms with E-state index in [9.17, 15) is 9.18 Å². The molecule has 2 aromatic rings. The van der Waals surface area contributed by atoms with Gasteiger partial charge in [0.25, 0.3) is 0 Å². The molecule has 0 heterocycles. The van der Waals surface area contributed by atoms with Crippen LogP contribution in [0.1, 0.15) is 5.56 Å². The van der Waals surface area contributed by atoms with Crippen LogP contribution < -0.4 is 10.6 Å². The van der Waals surface area contributed by atoms with E-state index in [-0.39, 0.29) is 23.3 Å². The largest absolute Gasteiger partial charge is 0.332 e. The summed E-state index contributed by atoms with van der Waals surface area (Å²) in [6, 6.07) is 12.8. The summed E-state index contributed by atoms with van der Waals surface area (Å²) in [5.74, 6) is -0.637. The number of benzene rings is 2. The van der Waals surface area contributed by atoms with Crippen LogP contribution in [0.2, 0.25) is 5.02 Å². The van der Waals surface area contributed by atoms with E-state index >= 15 is 0 Å². The Kier molecular flexibility index (Phi) is 5.25. The molecule has 0 spiro atoms. The lowest BCUT2D eigenvalue weighted by atomic mass is 10.1. The van der Waals surface area contributed by atoms with Gasteiger partial charge in [0, 0.05) is 10.7 Å². The van der Waals surface area contributed by atoms with E-state index in [4.69, 9.17) is 23.8 Å². The quantitative estimate of drug-likeness (QED) is 0.849. The van der Waals surface area contributed by atoms with Crippen molar-refractivity contribution in [3.8, 4) is 0 Å². The monoisotopic (exact) mass is 322 g/mol. The summed E-state index contributed by atoms with van der Waals surface area (Å²) >= 11 is 10.8. The summed E-state index contributed by atoms with van der Waals surface area (Å²) in [6.07, 6.45) is 0.183. The Labute approximate surface area is 132 Å². The average Bonchev–Trinajstić information content (AvgIpc) is 2.41. The van der Waals surface area contributed by atoms with Crippen LogP contribution in [0.5, 0.6) is 0 Å². The molecule has 0 unspecified atom stereocenters. The second-order valence-corrected chi connectivity index (χ2v) is 5.16. The lowest BCUT2D eigenvalue weighted by Gasteiger charge is -2.09. The number of hydrogen-bond acceptors (Lipinski definition) is 2. The summed E-state index contributed by atoms with van der Waals surface area (Å²) in [6.45, 7) is 0. The molecule has 0 fully saturated rings. The van der Waals surface area contributed by atoms with E-state index in [1.165, 1.54) is 12.1 Å². The number of amides is 1. The molecule has 6 heteroatoms. The minimum atomic E-state index is -0.379. The van der Waals surface area contributed by atoms with Gasteiger partial charge in [-0.1, -0.05) is 29.8 Å². The van der Waals surface area contributed by atoms with Gasteiger partial charge in [0.1, 0.15) is 5.82 Å². The van der Waals surface area contributed by atoms with Gasteiger partial charge in [-0.3, -0.25) is 4.79 Å². The molecule has 0 radical (unpaired) electrons. The molecule has 3 nitrogen and oxygen atoms in total. The van der Waals surface area contributed by atoms with Gasteiger partial charge in [-0.2, -0.15) is 0 Å². The van der Waals surface area contributed by atoms with Gasteiger partial charge in [-0.05, 0) is 48.1 Å². The van der Waals surface area contributed by atoms with Crippen LogP contribution in [-0.4, -0.2) is 11.0 Å². The first kappa shape index (κ1) is 15.4. The van der Waals surface area contributed by atoms with Crippen LogP contribution in [0.25, 0.3) is 0 Å².